The summed E-state index contributed by atoms with van der Waals surface area (Å²) in [6, 6.07) is 6.13. The van der Waals surface area contributed by atoms with Crippen LogP contribution < -0.4 is 9.64 Å². The highest BCUT2D eigenvalue weighted by molar-refractivity contribution is 5.38. The number of hydrogen-bond donors (Lipinski definition) is 1. The predicted octanol–water partition coefficient (Wildman–Crippen LogP) is 1.48. The standard InChI is InChI=1S/C17H21FN4O2/c1-24-17-11-19-10-16(20-17)22-7-5-21(6-8-22)12-15(23)13-3-2-4-14(18)9-13/h2-4,9-11,15,23H,5-8,12H2,1H3. The van der Waals surface area contributed by atoms with Crippen LogP contribution in [0.15, 0.2) is 36.7 Å². The highest BCUT2D eigenvalue weighted by atomic mass is 19.1. The highest BCUT2D eigenvalue weighted by Crippen LogP contribution is 2.19. The number of methoxy groups -OCH3 is 1. The van der Waals surface area contributed by atoms with Crippen LogP contribution in [-0.4, -0.2) is 59.8 Å². The second-order valence-corrected chi connectivity index (χ2v) is 5.78. The molecule has 128 valence electrons. The molecule has 6 nitrogen and oxygen atoms in total. The number of anilines is 1. The fourth-order valence-electron chi connectivity index (χ4n) is 2.81. The molecule has 0 aliphatic carbocycles. The molecule has 3 rings (SSSR count). The summed E-state index contributed by atoms with van der Waals surface area (Å²) in [6.45, 7) is 3.66. The summed E-state index contributed by atoms with van der Waals surface area (Å²) < 4.78 is 18.4. The molecule has 2 heterocycles. The van der Waals surface area contributed by atoms with Crippen LogP contribution in [-0.2, 0) is 0 Å². The molecular formula is C17H21FN4O2. The van der Waals surface area contributed by atoms with E-state index in [-0.39, 0.29) is 5.82 Å². The molecule has 1 saturated heterocycles. The van der Waals surface area contributed by atoms with Crippen molar-refractivity contribution in [2.75, 3.05) is 44.7 Å². The van der Waals surface area contributed by atoms with E-state index in [9.17, 15) is 9.50 Å². The third kappa shape index (κ3) is 3.98. The van der Waals surface area contributed by atoms with E-state index in [4.69, 9.17) is 4.74 Å². The molecule has 1 unspecified atom stereocenters. The third-order valence-corrected chi connectivity index (χ3v) is 4.17. The second-order valence-electron chi connectivity index (χ2n) is 5.78. The van der Waals surface area contributed by atoms with Gasteiger partial charge in [0.2, 0.25) is 5.88 Å². The Labute approximate surface area is 140 Å². The number of hydrogen-bond acceptors (Lipinski definition) is 6. The lowest BCUT2D eigenvalue weighted by molar-refractivity contribution is 0.109. The molecular weight excluding hydrogens is 311 g/mol. The van der Waals surface area contributed by atoms with Gasteiger partial charge in [-0.25, -0.2) is 4.39 Å². The summed E-state index contributed by atoms with van der Waals surface area (Å²) in [6.07, 6.45) is 2.61. The number of halogens is 1. The first kappa shape index (κ1) is 16.6. The minimum Gasteiger partial charge on any atom is -0.480 e. The first-order valence-corrected chi connectivity index (χ1v) is 7.92. The van der Waals surface area contributed by atoms with E-state index in [0.29, 0.717) is 18.0 Å². The fraction of sp³-hybridized carbons (Fsp3) is 0.412. The van der Waals surface area contributed by atoms with Crippen LogP contribution in [0.2, 0.25) is 0 Å². The average Bonchev–Trinajstić information content (AvgIpc) is 2.62. The van der Waals surface area contributed by atoms with Crippen molar-refractivity contribution in [3.05, 3.63) is 48.0 Å². The van der Waals surface area contributed by atoms with Gasteiger partial charge in [-0.3, -0.25) is 9.88 Å². The third-order valence-electron chi connectivity index (χ3n) is 4.17. The van der Waals surface area contributed by atoms with Crippen LogP contribution in [0.4, 0.5) is 10.2 Å². The first-order chi connectivity index (χ1) is 11.7. The average molecular weight is 332 g/mol. The Morgan fingerprint density at radius 2 is 2.04 bits per heavy atom. The zero-order valence-electron chi connectivity index (χ0n) is 13.6. The molecule has 0 bridgehead atoms. The molecule has 1 aliphatic rings. The van der Waals surface area contributed by atoms with Crippen molar-refractivity contribution in [2.45, 2.75) is 6.10 Å². The second kappa shape index (κ2) is 7.55. The molecule has 24 heavy (non-hydrogen) atoms. The molecule has 1 aliphatic heterocycles. The van der Waals surface area contributed by atoms with Crippen LogP contribution in [0.5, 0.6) is 5.88 Å². The maximum Gasteiger partial charge on any atom is 0.233 e. The Morgan fingerprint density at radius 1 is 1.25 bits per heavy atom. The molecule has 1 N–H and O–H groups in total. The molecule has 0 amide bonds. The summed E-state index contributed by atoms with van der Waals surface area (Å²) in [4.78, 5) is 12.8. The van der Waals surface area contributed by atoms with Crippen LogP contribution in [0, 0.1) is 5.82 Å². The number of aliphatic hydroxyl groups is 1. The monoisotopic (exact) mass is 332 g/mol. The van der Waals surface area contributed by atoms with Gasteiger partial charge in [-0.05, 0) is 17.7 Å². The lowest BCUT2D eigenvalue weighted by atomic mass is 10.1. The van der Waals surface area contributed by atoms with Crippen molar-refractivity contribution in [3.8, 4) is 5.88 Å². The number of benzene rings is 1. The Kier molecular flexibility index (Phi) is 5.22. The van der Waals surface area contributed by atoms with Gasteiger partial charge in [0.1, 0.15) is 5.82 Å². The summed E-state index contributed by atoms with van der Waals surface area (Å²) in [5.74, 6) is 0.962. The SMILES string of the molecule is COc1cncc(N2CCN(CC(O)c3cccc(F)c3)CC2)n1. The smallest absolute Gasteiger partial charge is 0.233 e. The molecule has 0 spiro atoms. The summed E-state index contributed by atoms with van der Waals surface area (Å²) in [7, 11) is 1.57. The maximum absolute atomic E-state index is 13.3. The van der Waals surface area contributed by atoms with E-state index in [1.165, 1.54) is 12.1 Å². The van der Waals surface area contributed by atoms with Crippen LogP contribution in [0.3, 0.4) is 0 Å². The molecule has 1 fully saturated rings. The van der Waals surface area contributed by atoms with E-state index in [2.05, 4.69) is 19.8 Å². The van der Waals surface area contributed by atoms with Gasteiger partial charge < -0.3 is 14.7 Å². The van der Waals surface area contributed by atoms with Crippen molar-refractivity contribution in [1.29, 1.82) is 0 Å². The van der Waals surface area contributed by atoms with Gasteiger partial charge in [0, 0.05) is 32.7 Å². The summed E-state index contributed by atoms with van der Waals surface area (Å²) in [5.41, 5.74) is 0.607. The quantitative estimate of drug-likeness (QED) is 0.895. The summed E-state index contributed by atoms with van der Waals surface area (Å²) in [5, 5.41) is 10.3. The lowest BCUT2D eigenvalue weighted by Gasteiger charge is -2.36. The van der Waals surface area contributed by atoms with E-state index < -0.39 is 6.10 Å². The van der Waals surface area contributed by atoms with Gasteiger partial charge in [0.15, 0.2) is 5.82 Å². The van der Waals surface area contributed by atoms with Crippen LogP contribution in [0.1, 0.15) is 11.7 Å². The van der Waals surface area contributed by atoms with Crippen LogP contribution in [0.25, 0.3) is 0 Å². The largest absolute Gasteiger partial charge is 0.480 e. The van der Waals surface area contributed by atoms with Crippen LogP contribution >= 0.6 is 0 Å². The Hall–Kier alpha value is -2.25. The predicted molar refractivity (Wildman–Crippen MR) is 88.6 cm³/mol. The van der Waals surface area contributed by atoms with E-state index >= 15 is 0 Å². The number of nitrogens with zero attached hydrogens (tertiary/aromatic N) is 4. The van der Waals surface area contributed by atoms with E-state index in [1.54, 1.807) is 31.6 Å². The van der Waals surface area contributed by atoms with Crippen molar-refractivity contribution >= 4 is 5.82 Å². The zero-order chi connectivity index (χ0) is 16.9. The minimum atomic E-state index is -0.691. The molecule has 1 aromatic carbocycles. The summed E-state index contributed by atoms with van der Waals surface area (Å²) >= 11 is 0. The van der Waals surface area contributed by atoms with Crippen molar-refractivity contribution < 1.29 is 14.2 Å². The van der Waals surface area contributed by atoms with Crippen molar-refractivity contribution in [3.63, 3.8) is 0 Å². The Morgan fingerprint density at radius 3 is 2.75 bits per heavy atom. The fourth-order valence-corrected chi connectivity index (χ4v) is 2.81. The lowest BCUT2D eigenvalue weighted by Crippen LogP contribution is -2.47. The normalized spacial score (nSPS) is 16.9. The van der Waals surface area contributed by atoms with Gasteiger partial charge in [-0.1, -0.05) is 12.1 Å². The minimum absolute atomic E-state index is 0.326. The van der Waals surface area contributed by atoms with Crippen molar-refractivity contribution in [2.24, 2.45) is 0 Å². The van der Waals surface area contributed by atoms with Gasteiger partial charge in [-0.15, -0.1) is 0 Å². The van der Waals surface area contributed by atoms with E-state index in [0.717, 1.165) is 32.0 Å². The molecule has 1 atom stereocenters. The number of rotatable bonds is 5. The van der Waals surface area contributed by atoms with Gasteiger partial charge in [0.25, 0.3) is 0 Å². The molecule has 2 aromatic rings. The van der Waals surface area contributed by atoms with E-state index in [1.807, 2.05) is 0 Å². The zero-order valence-corrected chi connectivity index (χ0v) is 13.6. The molecule has 0 saturated carbocycles. The molecule has 7 heteroatoms. The van der Waals surface area contributed by atoms with Crippen molar-refractivity contribution in [1.82, 2.24) is 14.9 Å². The van der Waals surface area contributed by atoms with Gasteiger partial charge >= 0.3 is 0 Å². The van der Waals surface area contributed by atoms with Gasteiger partial charge in [0.05, 0.1) is 25.6 Å². The highest BCUT2D eigenvalue weighted by Gasteiger charge is 2.21. The maximum atomic E-state index is 13.3. The number of β-amino-alcohol motifs (C(OH)–C–C–N with tert-alkyl or cyclic N) is 1. The number of aliphatic hydroxyl groups excluding tert-OH is 1. The number of piperazine rings is 1. The number of aromatic nitrogens is 2. The topological polar surface area (TPSA) is 61.7 Å². The molecule has 1 aromatic heterocycles. The Balaban J connectivity index is 1.55. The first-order valence-electron chi connectivity index (χ1n) is 7.92. The molecule has 0 radical (unpaired) electrons. The number of ether oxygens (including phenoxy) is 1. The Bertz CT molecular complexity index is 677. The van der Waals surface area contributed by atoms with Gasteiger partial charge in [-0.2, -0.15) is 4.98 Å².